The topological polar surface area (TPSA) is 85.4 Å². The molecular weight excluding hydrogens is 284 g/mol. The highest BCUT2D eigenvalue weighted by Gasteiger charge is 2.37. The fourth-order valence-corrected chi connectivity index (χ4v) is 3.06. The van der Waals surface area contributed by atoms with Crippen LogP contribution in [0.3, 0.4) is 0 Å². The summed E-state index contributed by atoms with van der Waals surface area (Å²) in [7, 11) is 0. The van der Waals surface area contributed by atoms with E-state index in [0.29, 0.717) is 24.7 Å². The zero-order valence-electron chi connectivity index (χ0n) is 12.7. The molecule has 120 valence electrons. The van der Waals surface area contributed by atoms with E-state index in [1.165, 1.54) is 6.33 Å². The van der Waals surface area contributed by atoms with E-state index in [0.717, 1.165) is 25.9 Å². The van der Waals surface area contributed by atoms with E-state index < -0.39 is 0 Å². The van der Waals surface area contributed by atoms with Crippen LogP contribution in [0.5, 0.6) is 5.88 Å². The number of nitrogens with one attached hydrogen (secondary N) is 2. The molecule has 2 aliphatic rings. The Kier molecular flexibility index (Phi) is 4.72. The Morgan fingerprint density at radius 3 is 3.14 bits per heavy atom. The Labute approximate surface area is 129 Å². The van der Waals surface area contributed by atoms with Crippen LogP contribution in [-0.4, -0.2) is 47.3 Å². The predicted molar refractivity (Wildman–Crippen MR) is 80.8 cm³/mol. The number of carbonyl (C=O) groups is 1. The molecule has 2 N–H and O–H groups in total. The molecule has 0 aliphatic carbocycles. The number of ether oxygens (including phenoxy) is 2. The number of hydrogen-bond acceptors (Lipinski definition) is 6. The molecule has 2 fully saturated rings. The predicted octanol–water partition coefficient (Wildman–Crippen LogP) is 1.11. The minimum absolute atomic E-state index is 0.0192. The van der Waals surface area contributed by atoms with Gasteiger partial charge in [0.15, 0.2) is 0 Å². The molecule has 1 unspecified atom stereocenters. The fraction of sp³-hybridized carbons (Fsp3) is 0.667. The minimum atomic E-state index is -0.0192. The largest absolute Gasteiger partial charge is 0.478 e. The highest BCUT2D eigenvalue weighted by molar-refractivity contribution is 5.77. The van der Waals surface area contributed by atoms with Crippen molar-refractivity contribution in [3.63, 3.8) is 0 Å². The molecule has 0 radical (unpaired) electrons. The van der Waals surface area contributed by atoms with Gasteiger partial charge in [0.25, 0.3) is 0 Å². The van der Waals surface area contributed by atoms with Crippen molar-refractivity contribution in [2.24, 2.45) is 0 Å². The lowest BCUT2D eigenvalue weighted by molar-refractivity contribution is -0.124. The van der Waals surface area contributed by atoms with Gasteiger partial charge >= 0.3 is 0 Å². The Morgan fingerprint density at radius 2 is 2.36 bits per heavy atom. The second-order valence-electron chi connectivity index (χ2n) is 5.61. The van der Waals surface area contributed by atoms with Crippen LogP contribution < -0.4 is 15.4 Å². The lowest BCUT2D eigenvalue weighted by Crippen LogP contribution is -2.56. The third-order valence-electron chi connectivity index (χ3n) is 4.08. The first-order chi connectivity index (χ1) is 10.8. The molecule has 1 aromatic rings. The minimum Gasteiger partial charge on any atom is -0.478 e. The third-order valence-corrected chi connectivity index (χ3v) is 4.08. The van der Waals surface area contributed by atoms with Crippen molar-refractivity contribution in [1.29, 1.82) is 0 Å². The summed E-state index contributed by atoms with van der Waals surface area (Å²) in [5.41, 5.74) is 0. The van der Waals surface area contributed by atoms with Crippen LogP contribution in [-0.2, 0) is 9.53 Å². The molecular formula is C15H22N4O3. The molecule has 3 atom stereocenters. The van der Waals surface area contributed by atoms with Gasteiger partial charge in [0.1, 0.15) is 12.1 Å². The van der Waals surface area contributed by atoms with Crippen molar-refractivity contribution in [3.8, 4) is 5.88 Å². The van der Waals surface area contributed by atoms with Crippen LogP contribution in [0.1, 0.15) is 32.6 Å². The summed E-state index contributed by atoms with van der Waals surface area (Å²) < 4.78 is 11.2. The first-order valence-electron chi connectivity index (χ1n) is 7.88. The average Bonchev–Trinajstić information content (AvgIpc) is 3.04. The van der Waals surface area contributed by atoms with E-state index >= 15 is 0 Å². The van der Waals surface area contributed by atoms with E-state index in [9.17, 15) is 4.79 Å². The summed E-state index contributed by atoms with van der Waals surface area (Å²) in [5.74, 6) is 1.35. The zero-order valence-corrected chi connectivity index (χ0v) is 12.7. The first-order valence-corrected chi connectivity index (χ1v) is 7.88. The van der Waals surface area contributed by atoms with Gasteiger partial charge in [0, 0.05) is 19.1 Å². The maximum absolute atomic E-state index is 11.7. The number of anilines is 1. The van der Waals surface area contributed by atoms with Gasteiger partial charge in [0.2, 0.25) is 11.8 Å². The van der Waals surface area contributed by atoms with E-state index in [-0.39, 0.29) is 24.1 Å². The SMILES string of the molecule is CCOc1cc(N[C@H]2CCC(=O)N[C@@H]2C2CCCO2)ncn1. The number of aromatic nitrogens is 2. The first kappa shape index (κ1) is 15.0. The number of rotatable bonds is 5. The molecule has 2 aliphatic heterocycles. The van der Waals surface area contributed by atoms with E-state index in [4.69, 9.17) is 9.47 Å². The Morgan fingerprint density at radius 1 is 1.45 bits per heavy atom. The maximum Gasteiger partial charge on any atom is 0.220 e. The summed E-state index contributed by atoms with van der Waals surface area (Å²) >= 11 is 0. The van der Waals surface area contributed by atoms with E-state index in [1.54, 1.807) is 6.07 Å². The van der Waals surface area contributed by atoms with E-state index in [2.05, 4.69) is 20.6 Å². The van der Waals surface area contributed by atoms with Crippen LogP contribution in [0, 0.1) is 0 Å². The monoisotopic (exact) mass is 306 g/mol. The normalized spacial score (nSPS) is 28.2. The average molecular weight is 306 g/mol. The standard InChI is InChI=1S/C15H22N4O3/c1-2-21-14-8-12(16-9-17-14)18-10-5-6-13(20)19-15(10)11-4-3-7-22-11/h8-11,15H,2-7H2,1H3,(H,19,20)(H,16,17,18)/t10-,11?,15-/m0/s1. The van der Waals surface area contributed by atoms with Gasteiger partial charge in [-0.3, -0.25) is 4.79 Å². The highest BCUT2D eigenvalue weighted by atomic mass is 16.5. The van der Waals surface area contributed by atoms with Gasteiger partial charge in [-0.15, -0.1) is 0 Å². The Balaban J connectivity index is 1.70. The van der Waals surface area contributed by atoms with Gasteiger partial charge in [-0.2, -0.15) is 0 Å². The van der Waals surface area contributed by atoms with Crippen molar-refractivity contribution in [2.75, 3.05) is 18.5 Å². The highest BCUT2D eigenvalue weighted by Crippen LogP contribution is 2.25. The molecule has 0 spiro atoms. The van der Waals surface area contributed by atoms with Crippen LogP contribution in [0.2, 0.25) is 0 Å². The van der Waals surface area contributed by atoms with Crippen LogP contribution in [0.25, 0.3) is 0 Å². The molecule has 7 heteroatoms. The molecule has 7 nitrogen and oxygen atoms in total. The maximum atomic E-state index is 11.7. The summed E-state index contributed by atoms with van der Waals surface area (Å²) in [4.78, 5) is 20.0. The van der Waals surface area contributed by atoms with Gasteiger partial charge in [-0.05, 0) is 26.2 Å². The van der Waals surface area contributed by atoms with Crippen molar-refractivity contribution >= 4 is 11.7 Å². The van der Waals surface area contributed by atoms with Crippen molar-refractivity contribution < 1.29 is 14.3 Å². The van der Waals surface area contributed by atoms with Gasteiger partial charge in [-0.25, -0.2) is 9.97 Å². The Bertz CT molecular complexity index is 519. The zero-order chi connectivity index (χ0) is 15.4. The second-order valence-corrected chi connectivity index (χ2v) is 5.61. The smallest absolute Gasteiger partial charge is 0.220 e. The molecule has 0 aromatic carbocycles. The second kappa shape index (κ2) is 6.91. The number of hydrogen-bond donors (Lipinski definition) is 2. The Hall–Kier alpha value is -1.89. The number of carbonyl (C=O) groups excluding carboxylic acids is 1. The number of piperidine rings is 1. The van der Waals surface area contributed by atoms with Crippen molar-refractivity contribution in [2.45, 2.75) is 50.8 Å². The van der Waals surface area contributed by atoms with Crippen molar-refractivity contribution in [3.05, 3.63) is 12.4 Å². The summed E-state index contributed by atoms with van der Waals surface area (Å²) in [6.45, 7) is 3.25. The van der Waals surface area contributed by atoms with Gasteiger partial charge in [-0.1, -0.05) is 0 Å². The molecule has 1 aromatic heterocycles. The fourth-order valence-electron chi connectivity index (χ4n) is 3.06. The molecule has 3 rings (SSSR count). The lowest BCUT2D eigenvalue weighted by Gasteiger charge is -2.36. The summed E-state index contributed by atoms with van der Waals surface area (Å²) in [5, 5.41) is 6.47. The summed E-state index contributed by atoms with van der Waals surface area (Å²) in [6, 6.07) is 1.87. The quantitative estimate of drug-likeness (QED) is 0.848. The molecule has 1 amide bonds. The van der Waals surface area contributed by atoms with Gasteiger partial charge < -0.3 is 20.1 Å². The number of amides is 1. The molecule has 0 bridgehead atoms. The lowest BCUT2D eigenvalue weighted by atomic mass is 9.92. The van der Waals surface area contributed by atoms with Gasteiger partial charge in [0.05, 0.1) is 24.8 Å². The third kappa shape index (κ3) is 3.47. The molecule has 3 heterocycles. The van der Waals surface area contributed by atoms with Crippen LogP contribution >= 0.6 is 0 Å². The van der Waals surface area contributed by atoms with Crippen molar-refractivity contribution in [1.82, 2.24) is 15.3 Å². The molecule has 22 heavy (non-hydrogen) atoms. The van der Waals surface area contributed by atoms with Crippen LogP contribution in [0.4, 0.5) is 5.82 Å². The number of nitrogens with zero attached hydrogens (tertiary/aromatic N) is 2. The van der Waals surface area contributed by atoms with E-state index in [1.807, 2.05) is 6.92 Å². The molecule has 2 saturated heterocycles. The summed E-state index contributed by atoms with van der Waals surface area (Å²) in [6.07, 6.45) is 4.88. The van der Waals surface area contributed by atoms with Crippen LogP contribution in [0.15, 0.2) is 12.4 Å². The molecule has 0 saturated carbocycles.